The van der Waals surface area contributed by atoms with Crippen LogP contribution in [0.3, 0.4) is 0 Å². The zero-order valence-corrected chi connectivity index (χ0v) is 29.4. The van der Waals surface area contributed by atoms with Crippen molar-refractivity contribution in [3.63, 3.8) is 0 Å². The number of carboxylic acids is 1. The quantitative estimate of drug-likeness (QED) is 0.0497. The lowest BCUT2D eigenvalue weighted by Crippen LogP contribution is -2.54. The summed E-state index contributed by atoms with van der Waals surface area (Å²) in [6.07, 6.45) is 2.95. The molecule has 0 unspecified atom stereocenters. The van der Waals surface area contributed by atoms with Gasteiger partial charge in [-0.05, 0) is 99.3 Å². The lowest BCUT2D eigenvalue weighted by Gasteiger charge is -2.23. The highest BCUT2D eigenvalue weighted by atomic mass is 16.6. The van der Waals surface area contributed by atoms with E-state index in [9.17, 15) is 33.9 Å². The number of carboxylic acid groups (broad SMARTS) is 1. The number of hydrogen-bond acceptors (Lipinski definition) is 10. The van der Waals surface area contributed by atoms with E-state index in [1.54, 1.807) is 41.5 Å². The van der Waals surface area contributed by atoms with Crippen LogP contribution in [-0.4, -0.2) is 96.7 Å². The average molecular weight is 687 g/mol. The molecular formula is C32H58N6O10. The van der Waals surface area contributed by atoms with E-state index in [-0.39, 0.29) is 39.0 Å². The molecule has 0 rings (SSSR count). The van der Waals surface area contributed by atoms with Crippen molar-refractivity contribution in [1.29, 1.82) is 0 Å². The lowest BCUT2D eigenvalue weighted by atomic mass is 10.0. The Morgan fingerprint density at radius 2 is 1.08 bits per heavy atom. The summed E-state index contributed by atoms with van der Waals surface area (Å²) in [6, 6.07) is -3.26. The van der Waals surface area contributed by atoms with Crippen molar-refractivity contribution in [3.05, 3.63) is 12.7 Å². The van der Waals surface area contributed by atoms with Crippen LogP contribution in [0.15, 0.2) is 12.7 Å². The van der Waals surface area contributed by atoms with Crippen LogP contribution in [-0.2, 0) is 28.6 Å². The molecule has 0 aliphatic rings. The first kappa shape index (κ1) is 43.9. The number of amides is 5. The third kappa shape index (κ3) is 24.1. The summed E-state index contributed by atoms with van der Waals surface area (Å²) in [4.78, 5) is 73.3. The highest BCUT2D eigenvalue weighted by Crippen LogP contribution is 2.09. The van der Waals surface area contributed by atoms with E-state index in [2.05, 4.69) is 33.2 Å². The smallest absolute Gasteiger partial charge is 0.407 e. The molecule has 0 saturated carbocycles. The van der Waals surface area contributed by atoms with Gasteiger partial charge in [0.05, 0.1) is 6.04 Å². The first-order valence-corrected chi connectivity index (χ1v) is 16.4. The van der Waals surface area contributed by atoms with E-state index < -0.39 is 65.4 Å². The Kier molecular flexibility index (Phi) is 21.3. The third-order valence-corrected chi connectivity index (χ3v) is 6.30. The lowest BCUT2D eigenvalue weighted by molar-refractivity contribution is -0.142. The maximum Gasteiger partial charge on any atom is 0.407 e. The Labute approximate surface area is 284 Å². The number of carbonyl (C=O) groups is 6. The van der Waals surface area contributed by atoms with E-state index in [0.717, 1.165) is 0 Å². The van der Waals surface area contributed by atoms with Crippen molar-refractivity contribution in [1.82, 2.24) is 26.6 Å². The molecule has 48 heavy (non-hydrogen) atoms. The Hall–Kier alpha value is -4.08. The van der Waals surface area contributed by atoms with Gasteiger partial charge in [0.2, 0.25) is 11.8 Å². The molecule has 0 aromatic heterocycles. The highest BCUT2D eigenvalue weighted by Gasteiger charge is 2.28. The summed E-state index contributed by atoms with van der Waals surface area (Å²) in [5.74, 6) is -2.51. The summed E-state index contributed by atoms with van der Waals surface area (Å²) in [5.41, 5.74) is 4.82. The van der Waals surface area contributed by atoms with Crippen LogP contribution in [0.2, 0.25) is 0 Å². The van der Waals surface area contributed by atoms with E-state index >= 15 is 0 Å². The minimum Gasteiger partial charge on any atom is -0.480 e. The number of nitrogens with two attached hydrogens (primary N) is 1. The largest absolute Gasteiger partial charge is 0.480 e. The van der Waals surface area contributed by atoms with E-state index in [0.29, 0.717) is 45.1 Å². The maximum absolute atomic E-state index is 13.2. The van der Waals surface area contributed by atoms with Gasteiger partial charge in [0.15, 0.2) is 0 Å². The van der Waals surface area contributed by atoms with Crippen LogP contribution in [0.1, 0.15) is 99.3 Å². The zero-order chi connectivity index (χ0) is 36.8. The second-order valence-corrected chi connectivity index (χ2v) is 13.2. The molecule has 0 spiro atoms. The first-order valence-electron chi connectivity index (χ1n) is 16.4. The van der Waals surface area contributed by atoms with Gasteiger partial charge in [0.1, 0.15) is 29.9 Å². The number of unbranched alkanes of at least 4 members (excludes halogenated alkanes) is 3. The standard InChI is InChI=1S/C32H58N6O10/c1-8-21-46-28(43)34-18-14-11-17-24(27(41)42)38-26(40)23(16-10-13-20-36-30(45)48-32(5,6)7)37-25(39)22(33)15-9-12-19-35-29(44)47-31(2,3)4/h8,22-24H,1,9-21,33H2,2-7H3,(H,34,43)(H,35,44)(H,36,45)(H,37,39)(H,38,40)(H,41,42)/t22-,23-,24-/m0/s1. The molecule has 0 radical (unpaired) electrons. The summed E-state index contributed by atoms with van der Waals surface area (Å²) >= 11 is 0. The molecule has 8 N–H and O–H groups in total. The van der Waals surface area contributed by atoms with Crippen LogP contribution >= 0.6 is 0 Å². The van der Waals surface area contributed by atoms with Crippen molar-refractivity contribution in [3.8, 4) is 0 Å². The van der Waals surface area contributed by atoms with Crippen molar-refractivity contribution in [2.24, 2.45) is 5.73 Å². The van der Waals surface area contributed by atoms with Gasteiger partial charge in [-0.3, -0.25) is 9.59 Å². The first-order chi connectivity index (χ1) is 22.3. The third-order valence-electron chi connectivity index (χ3n) is 6.30. The van der Waals surface area contributed by atoms with Gasteiger partial charge >= 0.3 is 24.2 Å². The fourth-order valence-corrected chi connectivity index (χ4v) is 4.03. The molecule has 0 bridgehead atoms. The summed E-state index contributed by atoms with van der Waals surface area (Å²) in [6.45, 7) is 14.9. The molecule has 0 aromatic carbocycles. The average Bonchev–Trinajstić information content (AvgIpc) is 2.95. The van der Waals surface area contributed by atoms with Crippen molar-refractivity contribution in [2.75, 3.05) is 26.2 Å². The van der Waals surface area contributed by atoms with Crippen LogP contribution in [0.25, 0.3) is 0 Å². The fourth-order valence-electron chi connectivity index (χ4n) is 4.03. The highest BCUT2D eigenvalue weighted by molar-refractivity contribution is 5.91. The monoisotopic (exact) mass is 686 g/mol. The normalized spacial score (nSPS) is 13.1. The number of carbonyl (C=O) groups excluding carboxylic acids is 5. The molecule has 16 nitrogen and oxygen atoms in total. The van der Waals surface area contributed by atoms with E-state index in [1.165, 1.54) is 6.08 Å². The van der Waals surface area contributed by atoms with Crippen LogP contribution < -0.4 is 32.3 Å². The molecule has 0 heterocycles. The van der Waals surface area contributed by atoms with Gasteiger partial charge in [0.25, 0.3) is 0 Å². The fraction of sp³-hybridized carbons (Fsp3) is 0.750. The van der Waals surface area contributed by atoms with Gasteiger partial charge in [0, 0.05) is 19.6 Å². The molecule has 0 aliphatic carbocycles. The number of rotatable bonds is 22. The second kappa shape index (κ2) is 23.3. The molecule has 276 valence electrons. The molecule has 0 aromatic rings. The SMILES string of the molecule is C=CCOC(=O)NCCCC[C@H](NC(=O)[C@H](CCCCNC(=O)OC(C)(C)C)NC(=O)[C@@H](N)CCCCNC(=O)OC(C)(C)C)C(=O)O. The Morgan fingerprint density at radius 1 is 0.667 bits per heavy atom. The van der Waals surface area contributed by atoms with Gasteiger partial charge in [-0.1, -0.05) is 12.7 Å². The van der Waals surface area contributed by atoms with Gasteiger partial charge in [-0.25, -0.2) is 19.2 Å². The Morgan fingerprint density at radius 3 is 1.52 bits per heavy atom. The topological polar surface area (TPSA) is 237 Å². The predicted octanol–water partition coefficient (Wildman–Crippen LogP) is 2.84. The zero-order valence-electron chi connectivity index (χ0n) is 29.4. The van der Waals surface area contributed by atoms with E-state index in [4.69, 9.17) is 19.9 Å². The molecule has 5 amide bonds. The van der Waals surface area contributed by atoms with Crippen LogP contribution in [0.5, 0.6) is 0 Å². The number of alkyl carbamates (subject to hydrolysis) is 3. The summed E-state index contributed by atoms with van der Waals surface area (Å²) in [5, 5.41) is 22.7. The van der Waals surface area contributed by atoms with Crippen molar-refractivity contribution >= 4 is 36.1 Å². The molecule has 0 fully saturated rings. The summed E-state index contributed by atoms with van der Waals surface area (Å²) < 4.78 is 15.2. The molecule has 0 aliphatic heterocycles. The minimum atomic E-state index is -1.25. The second-order valence-electron chi connectivity index (χ2n) is 13.2. The van der Waals surface area contributed by atoms with Gasteiger partial charge in [-0.15, -0.1) is 0 Å². The molecule has 3 atom stereocenters. The number of ether oxygens (including phenoxy) is 3. The van der Waals surface area contributed by atoms with Gasteiger partial charge in [-0.2, -0.15) is 0 Å². The van der Waals surface area contributed by atoms with E-state index in [1.807, 2.05) is 0 Å². The van der Waals surface area contributed by atoms with Gasteiger partial charge < -0.3 is 51.6 Å². The molecular weight excluding hydrogens is 628 g/mol. The Bertz CT molecular complexity index is 1040. The number of hydrogen-bond donors (Lipinski definition) is 7. The van der Waals surface area contributed by atoms with Crippen molar-refractivity contribution in [2.45, 2.75) is 129 Å². The summed E-state index contributed by atoms with van der Waals surface area (Å²) in [7, 11) is 0. The van der Waals surface area contributed by atoms with Crippen molar-refractivity contribution < 1.29 is 48.1 Å². The molecule has 0 saturated heterocycles. The molecule has 16 heteroatoms. The maximum atomic E-state index is 13.2. The number of aliphatic carboxylic acids is 1. The minimum absolute atomic E-state index is 0.0646. The van der Waals surface area contributed by atoms with Crippen LogP contribution in [0.4, 0.5) is 14.4 Å². The Balaban J connectivity index is 5.10. The predicted molar refractivity (Wildman–Crippen MR) is 179 cm³/mol. The van der Waals surface area contributed by atoms with Crippen LogP contribution in [0, 0.1) is 0 Å². The number of nitrogens with one attached hydrogen (secondary N) is 5.